The summed E-state index contributed by atoms with van der Waals surface area (Å²) < 4.78 is 0. The van der Waals surface area contributed by atoms with Gasteiger partial charge in [-0.25, -0.2) is 15.0 Å². The molecular formula is C30H30N6O. The Labute approximate surface area is 216 Å². The highest BCUT2D eigenvalue weighted by Gasteiger charge is 2.45. The van der Waals surface area contributed by atoms with E-state index in [2.05, 4.69) is 27.4 Å². The van der Waals surface area contributed by atoms with E-state index in [0.29, 0.717) is 42.2 Å². The Morgan fingerprint density at radius 1 is 1.05 bits per heavy atom. The van der Waals surface area contributed by atoms with Crippen molar-refractivity contribution < 1.29 is 4.79 Å². The van der Waals surface area contributed by atoms with Gasteiger partial charge in [-0.1, -0.05) is 24.8 Å². The first-order valence-corrected chi connectivity index (χ1v) is 13.5. The number of aromatic nitrogens is 3. The summed E-state index contributed by atoms with van der Waals surface area (Å²) in [5.74, 6) is 2.86. The zero-order valence-electron chi connectivity index (χ0n) is 20.9. The molecule has 1 aromatic carbocycles. The van der Waals surface area contributed by atoms with Gasteiger partial charge in [0.2, 0.25) is 5.91 Å². The van der Waals surface area contributed by atoms with Gasteiger partial charge < -0.3 is 9.80 Å². The van der Waals surface area contributed by atoms with Gasteiger partial charge in [0.1, 0.15) is 11.9 Å². The first kappa shape index (κ1) is 22.4. The van der Waals surface area contributed by atoms with Gasteiger partial charge in [-0.3, -0.25) is 4.79 Å². The minimum Gasteiger partial charge on any atom is -0.352 e. The van der Waals surface area contributed by atoms with Gasteiger partial charge in [0, 0.05) is 42.4 Å². The van der Waals surface area contributed by atoms with Crippen molar-refractivity contribution in [3.8, 4) is 17.3 Å². The van der Waals surface area contributed by atoms with Crippen LogP contribution in [0.3, 0.4) is 0 Å². The van der Waals surface area contributed by atoms with Crippen molar-refractivity contribution in [3.05, 3.63) is 54.0 Å². The van der Waals surface area contributed by atoms with E-state index >= 15 is 0 Å². The second-order valence-corrected chi connectivity index (χ2v) is 11.0. The predicted molar refractivity (Wildman–Crippen MR) is 143 cm³/mol. The molecule has 0 spiro atoms. The van der Waals surface area contributed by atoms with Crippen LogP contribution in [-0.2, 0) is 4.79 Å². The number of para-hydroxylation sites is 1. The smallest absolute Gasteiger partial charge is 0.226 e. The van der Waals surface area contributed by atoms with E-state index in [4.69, 9.17) is 9.97 Å². The molecule has 1 atom stereocenters. The zero-order chi connectivity index (χ0) is 25.1. The number of anilines is 1. The number of rotatable bonds is 6. The molecule has 1 amide bonds. The first-order chi connectivity index (χ1) is 18.1. The minimum atomic E-state index is 0.222. The number of amides is 1. The topological polar surface area (TPSA) is 86.0 Å². The molecular weight excluding hydrogens is 460 g/mol. The van der Waals surface area contributed by atoms with E-state index in [1.54, 1.807) is 6.08 Å². The molecule has 7 rings (SSSR count). The molecule has 186 valence electrons. The van der Waals surface area contributed by atoms with E-state index in [9.17, 15) is 10.1 Å². The lowest BCUT2D eigenvalue weighted by molar-refractivity contribution is -0.135. The third-order valence-corrected chi connectivity index (χ3v) is 8.27. The van der Waals surface area contributed by atoms with Crippen LogP contribution in [0.2, 0.25) is 0 Å². The maximum Gasteiger partial charge on any atom is 0.226 e. The Balaban J connectivity index is 1.30. The summed E-state index contributed by atoms with van der Waals surface area (Å²) in [6.45, 7) is 6.06. The Hall–Kier alpha value is -3.79. The van der Waals surface area contributed by atoms with E-state index in [1.165, 1.54) is 12.8 Å². The fourth-order valence-corrected chi connectivity index (χ4v) is 5.81. The maximum absolute atomic E-state index is 13.0. The maximum atomic E-state index is 13.0. The van der Waals surface area contributed by atoms with Crippen molar-refractivity contribution in [2.45, 2.75) is 50.5 Å². The Kier molecular flexibility index (Phi) is 5.24. The highest BCUT2D eigenvalue weighted by atomic mass is 16.2. The highest BCUT2D eigenvalue weighted by molar-refractivity contribution is 5.94. The number of hydrogen-bond acceptors (Lipinski definition) is 6. The standard InChI is InChI=1S/C30H30N6O/c1-2-26-32-24-6-4-3-5-22(24)28(33-26)23-15-21(16-31)29(34-27(23)19-9-10-19)35-13-14-36(30(37)20-11-12-20)25(17-35)18-7-8-18/h2-6,15,18-20,25H,1,7-14,17H2/t25-/m0/s1. The second-order valence-electron chi connectivity index (χ2n) is 11.0. The zero-order valence-corrected chi connectivity index (χ0v) is 20.9. The fourth-order valence-electron chi connectivity index (χ4n) is 5.81. The molecule has 0 N–H and O–H groups in total. The van der Waals surface area contributed by atoms with Gasteiger partial charge in [-0.2, -0.15) is 5.26 Å². The quantitative estimate of drug-likeness (QED) is 0.487. The highest BCUT2D eigenvalue weighted by Crippen LogP contribution is 2.46. The normalized spacial score (nSPS) is 21.6. The van der Waals surface area contributed by atoms with Gasteiger partial charge in [0.15, 0.2) is 5.82 Å². The van der Waals surface area contributed by atoms with Gasteiger partial charge in [-0.05, 0) is 62.7 Å². The first-order valence-electron chi connectivity index (χ1n) is 13.5. The average Bonchev–Trinajstić information content (AvgIpc) is 3.80. The van der Waals surface area contributed by atoms with Crippen LogP contribution >= 0.6 is 0 Å². The van der Waals surface area contributed by atoms with Crippen molar-refractivity contribution in [2.24, 2.45) is 11.8 Å². The summed E-state index contributed by atoms with van der Waals surface area (Å²) in [6.07, 6.45) is 8.30. The Bertz CT molecular complexity index is 1460. The number of pyridine rings is 1. The Morgan fingerprint density at radius 2 is 1.86 bits per heavy atom. The van der Waals surface area contributed by atoms with Crippen molar-refractivity contribution >= 4 is 28.7 Å². The number of piperazine rings is 1. The molecule has 7 nitrogen and oxygen atoms in total. The van der Waals surface area contributed by atoms with Crippen molar-refractivity contribution in [2.75, 3.05) is 24.5 Å². The number of nitrogens with zero attached hydrogens (tertiary/aromatic N) is 6. The van der Waals surface area contributed by atoms with Crippen molar-refractivity contribution in [1.29, 1.82) is 5.26 Å². The third-order valence-electron chi connectivity index (χ3n) is 8.27. The monoisotopic (exact) mass is 490 g/mol. The molecule has 3 aliphatic carbocycles. The summed E-state index contributed by atoms with van der Waals surface area (Å²) >= 11 is 0. The van der Waals surface area contributed by atoms with Crippen LogP contribution in [0.25, 0.3) is 28.2 Å². The third kappa shape index (κ3) is 4.05. The summed E-state index contributed by atoms with van der Waals surface area (Å²) in [5.41, 5.74) is 4.18. The lowest BCUT2D eigenvalue weighted by atomic mass is 9.99. The van der Waals surface area contributed by atoms with E-state index in [0.717, 1.165) is 65.9 Å². The van der Waals surface area contributed by atoms with E-state index in [-0.39, 0.29) is 12.0 Å². The van der Waals surface area contributed by atoms with Crippen molar-refractivity contribution in [1.82, 2.24) is 19.9 Å². The number of benzene rings is 1. The number of fused-ring (bicyclic) bond motifs is 1. The Morgan fingerprint density at radius 3 is 2.57 bits per heavy atom. The number of carbonyl (C=O) groups is 1. The lowest BCUT2D eigenvalue weighted by Gasteiger charge is -2.43. The summed E-state index contributed by atoms with van der Waals surface area (Å²) in [7, 11) is 0. The number of carbonyl (C=O) groups excluding carboxylic acids is 1. The molecule has 3 heterocycles. The molecule has 0 unspecified atom stereocenters. The summed E-state index contributed by atoms with van der Waals surface area (Å²) in [6, 6.07) is 12.6. The van der Waals surface area contributed by atoms with Crippen LogP contribution in [0.15, 0.2) is 36.9 Å². The van der Waals surface area contributed by atoms with Gasteiger partial charge in [0.25, 0.3) is 0 Å². The molecule has 2 aromatic heterocycles. The molecule has 4 aliphatic rings. The largest absolute Gasteiger partial charge is 0.352 e. The number of nitriles is 1. The van der Waals surface area contributed by atoms with Gasteiger partial charge in [-0.15, -0.1) is 0 Å². The SMILES string of the molecule is C=Cc1nc(-c2cc(C#N)c(N3CCN(C(=O)C4CC4)[C@H](C4CC4)C3)nc2C2CC2)c2ccccc2n1. The second kappa shape index (κ2) is 8.65. The molecule has 0 radical (unpaired) electrons. The van der Waals surface area contributed by atoms with E-state index in [1.807, 2.05) is 30.3 Å². The fraction of sp³-hybridized carbons (Fsp3) is 0.433. The van der Waals surface area contributed by atoms with Gasteiger partial charge in [0.05, 0.1) is 28.5 Å². The molecule has 4 fully saturated rings. The molecule has 37 heavy (non-hydrogen) atoms. The summed E-state index contributed by atoms with van der Waals surface area (Å²) in [4.78, 5) is 32.1. The van der Waals surface area contributed by atoms with Crippen LogP contribution < -0.4 is 4.90 Å². The molecule has 7 heteroatoms. The molecule has 0 bridgehead atoms. The summed E-state index contributed by atoms with van der Waals surface area (Å²) in [5, 5.41) is 11.2. The molecule has 3 aromatic rings. The van der Waals surface area contributed by atoms with Crippen LogP contribution in [0.1, 0.15) is 61.5 Å². The number of hydrogen-bond donors (Lipinski definition) is 0. The lowest BCUT2D eigenvalue weighted by Crippen LogP contribution is -2.57. The molecule has 3 saturated carbocycles. The van der Waals surface area contributed by atoms with Crippen LogP contribution in [0.5, 0.6) is 0 Å². The molecule has 1 saturated heterocycles. The van der Waals surface area contributed by atoms with Crippen LogP contribution in [-0.4, -0.2) is 51.4 Å². The predicted octanol–water partition coefficient (Wildman–Crippen LogP) is 4.92. The van der Waals surface area contributed by atoms with Crippen LogP contribution in [0, 0.1) is 23.2 Å². The average molecular weight is 491 g/mol. The minimum absolute atomic E-state index is 0.222. The van der Waals surface area contributed by atoms with Crippen LogP contribution in [0.4, 0.5) is 5.82 Å². The van der Waals surface area contributed by atoms with Crippen molar-refractivity contribution in [3.63, 3.8) is 0 Å². The van der Waals surface area contributed by atoms with Gasteiger partial charge >= 0.3 is 0 Å². The molecule has 1 aliphatic heterocycles. The van der Waals surface area contributed by atoms with E-state index < -0.39 is 0 Å².